The SMILES string of the molecule is COc1cc(CNC(=O)c2ccc(NS(=O)(=O)c3ccc(C)cc3)cc2)ccc1OC(C)C. The summed E-state index contributed by atoms with van der Waals surface area (Å²) in [7, 11) is -2.13. The lowest BCUT2D eigenvalue weighted by Crippen LogP contribution is -2.22. The van der Waals surface area contributed by atoms with Crippen LogP contribution in [0.1, 0.15) is 35.3 Å². The Morgan fingerprint density at radius 3 is 2.21 bits per heavy atom. The molecule has 0 spiro atoms. The van der Waals surface area contributed by atoms with E-state index in [0.29, 0.717) is 29.3 Å². The highest BCUT2D eigenvalue weighted by atomic mass is 32.2. The van der Waals surface area contributed by atoms with Gasteiger partial charge in [0.25, 0.3) is 15.9 Å². The number of carbonyl (C=O) groups is 1. The van der Waals surface area contributed by atoms with E-state index in [2.05, 4.69) is 10.0 Å². The standard InChI is InChI=1S/C25H28N2O5S/c1-17(2)32-23-14-7-19(15-24(23)31-4)16-26-25(28)20-8-10-21(11-9-20)27-33(29,30)22-12-5-18(3)6-13-22/h5-15,17,27H,16H2,1-4H3,(H,26,28). The Bertz CT molecular complexity index is 1200. The van der Waals surface area contributed by atoms with Gasteiger partial charge >= 0.3 is 0 Å². The number of sulfonamides is 1. The number of carbonyl (C=O) groups excluding carboxylic acids is 1. The molecular weight excluding hydrogens is 440 g/mol. The zero-order valence-corrected chi connectivity index (χ0v) is 19.9. The van der Waals surface area contributed by atoms with Gasteiger partial charge in [0.2, 0.25) is 0 Å². The molecule has 0 saturated carbocycles. The average molecular weight is 469 g/mol. The van der Waals surface area contributed by atoms with Crippen molar-refractivity contribution in [2.75, 3.05) is 11.8 Å². The molecule has 1 amide bonds. The van der Waals surface area contributed by atoms with Gasteiger partial charge in [-0.1, -0.05) is 23.8 Å². The summed E-state index contributed by atoms with van der Waals surface area (Å²) in [5.74, 6) is 0.969. The first kappa shape index (κ1) is 24.1. The molecule has 7 nitrogen and oxygen atoms in total. The van der Waals surface area contributed by atoms with Crippen LogP contribution in [0.15, 0.2) is 71.6 Å². The molecule has 0 aromatic heterocycles. The number of anilines is 1. The van der Waals surface area contributed by atoms with Crippen LogP contribution in [0.5, 0.6) is 11.5 Å². The van der Waals surface area contributed by atoms with Crippen LogP contribution in [0, 0.1) is 6.92 Å². The minimum atomic E-state index is -3.70. The molecular formula is C25H28N2O5S. The molecule has 3 aromatic rings. The number of ether oxygens (including phenoxy) is 2. The molecule has 0 aliphatic rings. The fraction of sp³-hybridized carbons (Fsp3) is 0.240. The smallest absolute Gasteiger partial charge is 0.261 e. The molecule has 3 aromatic carbocycles. The molecule has 0 fully saturated rings. The van der Waals surface area contributed by atoms with Crippen molar-refractivity contribution in [1.82, 2.24) is 5.32 Å². The predicted molar refractivity (Wildman–Crippen MR) is 128 cm³/mol. The molecule has 2 N–H and O–H groups in total. The zero-order chi connectivity index (χ0) is 24.0. The number of nitrogens with one attached hydrogen (secondary N) is 2. The van der Waals surface area contributed by atoms with Gasteiger partial charge in [-0.2, -0.15) is 0 Å². The van der Waals surface area contributed by atoms with Gasteiger partial charge in [0.1, 0.15) is 0 Å². The maximum atomic E-state index is 12.5. The van der Waals surface area contributed by atoms with Crippen LogP contribution < -0.4 is 19.5 Å². The molecule has 0 radical (unpaired) electrons. The third-order valence-electron chi connectivity index (χ3n) is 4.77. The topological polar surface area (TPSA) is 93.7 Å². The number of benzene rings is 3. The van der Waals surface area contributed by atoms with Gasteiger partial charge in [-0.15, -0.1) is 0 Å². The van der Waals surface area contributed by atoms with Gasteiger partial charge in [-0.05, 0) is 74.9 Å². The van der Waals surface area contributed by atoms with Crippen LogP contribution in [0.25, 0.3) is 0 Å². The zero-order valence-electron chi connectivity index (χ0n) is 19.1. The predicted octanol–water partition coefficient (Wildman–Crippen LogP) is 4.52. The summed E-state index contributed by atoms with van der Waals surface area (Å²) in [6, 6.07) is 18.3. The van der Waals surface area contributed by atoms with E-state index in [1.807, 2.05) is 39.0 Å². The van der Waals surface area contributed by atoms with E-state index in [-0.39, 0.29) is 16.9 Å². The highest BCUT2D eigenvalue weighted by Crippen LogP contribution is 2.29. The van der Waals surface area contributed by atoms with Crippen LogP contribution in [0.3, 0.4) is 0 Å². The van der Waals surface area contributed by atoms with E-state index >= 15 is 0 Å². The molecule has 3 rings (SSSR count). The third-order valence-corrected chi connectivity index (χ3v) is 6.17. The summed E-state index contributed by atoms with van der Waals surface area (Å²) in [6.07, 6.45) is 0.0220. The van der Waals surface area contributed by atoms with E-state index < -0.39 is 10.0 Å². The van der Waals surface area contributed by atoms with Crippen molar-refractivity contribution in [1.29, 1.82) is 0 Å². The van der Waals surface area contributed by atoms with E-state index in [1.54, 1.807) is 55.6 Å². The molecule has 0 heterocycles. The molecule has 0 saturated heterocycles. The molecule has 0 atom stereocenters. The van der Waals surface area contributed by atoms with Crippen LogP contribution in [0.2, 0.25) is 0 Å². The second kappa shape index (κ2) is 10.4. The summed E-state index contributed by atoms with van der Waals surface area (Å²) in [5.41, 5.74) is 2.62. The van der Waals surface area contributed by atoms with Crippen molar-refractivity contribution >= 4 is 21.6 Å². The van der Waals surface area contributed by atoms with Crippen molar-refractivity contribution in [3.05, 3.63) is 83.4 Å². The summed E-state index contributed by atoms with van der Waals surface area (Å²) in [4.78, 5) is 12.7. The normalized spacial score (nSPS) is 11.2. The first-order chi connectivity index (χ1) is 15.7. The molecule has 33 heavy (non-hydrogen) atoms. The monoisotopic (exact) mass is 468 g/mol. The first-order valence-electron chi connectivity index (χ1n) is 10.5. The van der Waals surface area contributed by atoms with Crippen molar-refractivity contribution in [2.24, 2.45) is 0 Å². The van der Waals surface area contributed by atoms with E-state index in [0.717, 1.165) is 11.1 Å². The summed E-state index contributed by atoms with van der Waals surface area (Å²) in [6.45, 7) is 6.07. The fourth-order valence-electron chi connectivity index (χ4n) is 3.08. The number of aryl methyl sites for hydroxylation is 1. The lowest BCUT2D eigenvalue weighted by atomic mass is 10.1. The summed E-state index contributed by atoms with van der Waals surface area (Å²) < 4.78 is 38.6. The Kier molecular flexibility index (Phi) is 7.60. The molecule has 0 unspecified atom stereocenters. The minimum Gasteiger partial charge on any atom is -0.493 e. The molecule has 0 aliphatic heterocycles. The largest absolute Gasteiger partial charge is 0.493 e. The van der Waals surface area contributed by atoms with Gasteiger partial charge < -0.3 is 14.8 Å². The van der Waals surface area contributed by atoms with Gasteiger partial charge in [0, 0.05) is 17.8 Å². The number of methoxy groups -OCH3 is 1. The van der Waals surface area contributed by atoms with Crippen molar-refractivity contribution in [2.45, 2.75) is 38.3 Å². The maximum absolute atomic E-state index is 12.5. The second-order valence-electron chi connectivity index (χ2n) is 7.83. The van der Waals surface area contributed by atoms with Gasteiger partial charge in [-0.25, -0.2) is 8.42 Å². The lowest BCUT2D eigenvalue weighted by molar-refractivity contribution is 0.0951. The quantitative estimate of drug-likeness (QED) is 0.482. The third kappa shape index (κ3) is 6.49. The highest BCUT2D eigenvalue weighted by Gasteiger charge is 2.14. The Hall–Kier alpha value is -3.52. The Morgan fingerprint density at radius 2 is 1.61 bits per heavy atom. The van der Waals surface area contributed by atoms with E-state index in [9.17, 15) is 13.2 Å². The Balaban J connectivity index is 1.62. The highest BCUT2D eigenvalue weighted by molar-refractivity contribution is 7.92. The van der Waals surface area contributed by atoms with Gasteiger partial charge in [0.05, 0.1) is 18.1 Å². The molecule has 0 aliphatic carbocycles. The molecule has 8 heteroatoms. The van der Waals surface area contributed by atoms with Crippen LogP contribution in [0.4, 0.5) is 5.69 Å². The molecule has 174 valence electrons. The number of amides is 1. The average Bonchev–Trinajstić information content (AvgIpc) is 2.78. The van der Waals surface area contributed by atoms with Crippen LogP contribution >= 0.6 is 0 Å². The van der Waals surface area contributed by atoms with E-state index in [4.69, 9.17) is 9.47 Å². The summed E-state index contributed by atoms with van der Waals surface area (Å²) in [5, 5.41) is 2.85. The lowest BCUT2D eigenvalue weighted by Gasteiger charge is -2.15. The Labute approximate surface area is 194 Å². The first-order valence-corrected chi connectivity index (χ1v) is 12.0. The van der Waals surface area contributed by atoms with Crippen molar-refractivity contribution in [3.8, 4) is 11.5 Å². The van der Waals surface area contributed by atoms with Gasteiger partial charge in [0.15, 0.2) is 11.5 Å². The molecule has 0 bridgehead atoms. The number of hydrogen-bond donors (Lipinski definition) is 2. The second-order valence-corrected chi connectivity index (χ2v) is 9.51. The number of hydrogen-bond acceptors (Lipinski definition) is 5. The minimum absolute atomic E-state index is 0.0220. The number of rotatable bonds is 9. The fourth-order valence-corrected chi connectivity index (χ4v) is 4.14. The van der Waals surface area contributed by atoms with Crippen LogP contribution in [-0.4, -0.2) is 27.5 Å². The summed E-state index contributed by atoms with van der Waals surface area (Å²) >= 11 is 0. The van der Waals surface area contributed by atoms with Crippen molar-refractivity contribution in [3.63, 3.8) is 0 Å². The maximum Gasteiger partial charge on any atom is 0.261 e. The van der Waals surface area contributed by atoms with E-state index in [1.165, 1.54) is 0 Å². The van der Waals surface area contributed by atoms with Crippen molar-refractivity contribution < 1.29 is 22.7 Å². The van der Waals surface area contributed by atoms with Gasteiger partial charge in [-0.3, -0.25) is 9.52 Å². The van der Waals surface area contributed by atoms with Crippen LogP contribution in [-0.2, 0) is 16.6 Å². The Morgan fingerprint density at radius 1 is 0.939 bits per heavy atom.